The fourth-order valence-electron chi connectivity index (χ4n) is 2.50. The molecule has 0 aromatic heterocycles. The molecule has 0 radical (unpaired) electrons. The third-order valence-electron chi connectivity index (χ3n) is 3.52. The number of anilines is 1. The second-order valence-corrected chi connectivity index (χ2v) is 7.14. The first-order valence-electron chi connectivity index (χ1n) is 7.18. The molecule has 0 saturated carbocycles. The lowest BCUT2D eigenvalue weighted by Gasteiger charge is -2.36. The number of rotatable bonds is 3. The predicted octanol–water partition coefficient (Wildman–Crippen LogP) is 3.94. The quantitative estimate of drug-likeness (QED) is 0.902. The van der Waals surface area contributed by atoms with Gasteiger partial charge in [0.1, 0.15) is 0 Å². The Morgan fingerprint density at radius 1 is 1.37 bits per heavy atom. The molecule has 0 spiro atoms. The first-order valence-corrected chi connectivity index (χ1v) is 7.56. The van der Waals surface area contributed by atoms with E-state index in [1.165, 1.54) is 18.5 Å². The highest BCUT2D eigenvalue weighted by atomic mass is 35.5. The number of hydrogen-bond acceptors (Lipinski definition) is 2. The Bertz CT molecular complexity index is 411. The first kappa shape index (κ1) is 14.7. The molecule has 1 fully saturated rings. The summed E-state index contributed by atoms with van der Waals surface area (Å²) in [6.45, 7) is 10.1. The molecule has 1 aliphatic heterocycles. The van der Waals surface area contributed by atoms with Crippen LogP contribution in [0, 0.1) is 5.41 Å². The highest BCUT2D eigenvalue weighted by Gasteiger charge is 2.21. The van der Waals surface area contributed by atoms with E-state index >= 15 is 0 Å². The number of benzene rings is 1. The zero-order chi connectivity index (χ0) is 13.9. The summed E-state index contributed by atoms with van der Waals surface area (Å²) in [5, 5.41) is 4.52. The minimum absolute atomic E-state index is 0.346. The summed E-state index contributed by atoms with van der Waals surface area (Å²) < 4.78 is 0. The summed E-state index contributed by atoms with van der Waals surface area (Å²) in [6, 6.07) is 8.77. The van der Waals surface area contributed by atoms with Crippen LogP contribution in [0.25, 0.3) is 0 Å². The second-order valence-electron chi connectivity index (χ2n) is 6.71. The van der Waals surface area contributed by atoms with E-state index in [0.717, 1.165) is 24.7 Å². The fraction of sp³-hybridized carbons (Fsp3) is 0.625. The second kappa shape index (κ2) is 6.15. The van der Waals surface area contributed by atoms with E-state index in [9.17, 15) is 0 Å². The van der Waals surface area contributed by atoms with Crippen molar-refractivity contribution in [2.24, 2.45) is 5.41 Å². The highest BCUT2D eigenvalue weighted by Crippen LogP contribution is 2.23. The number of halogens is 1. The van der Waals surface area contributed by atoms with E-state index in [4.69, 9.17) is 11.6 Å². The fourth-order valence-corrected chi connectivity index (χ4v) is 2.69. The average molecular weight is 281 g/mol. The number of nitrogens with one attached hydrogen (secondary N) is 1. The summed E-state index contributed by atoms with van der Waals surface area (Å²) in [7, 11) is 0. The van der Waals surface area contributed by atoms with Crippen LogP contribution in [-0.4, -0.2) is 25.7 Å². The number of hydrogen-bond donors (Lipinski definition) is 1. The molecule has 0 amide bonds. The maximum Gasteiger partial charge on any atom is 0.0426 e. The van der Waals surface area contributed by atoms with Crippen LogP contribution in [0.1, 0.15) is 33.6 Å². The molecule has 1 aromatic rings. The van der Waals surface area contributed by atoms with E-state index in [-0.39, 0.29) is 0 Å². The molecule has 1 aromatic carbocycles. The van der Waals surface area contributed by atoms with Crippen molar-refractivity contribution < 1.29 is 0 Å². The zero-order valence-corrected chi connectivity index (χ0v) is 13.0. The number of nitrogens with zero attached hydrogens (tertiary/aromatic N) is 1. The topological polar surface area (TPSA) is 15.3 Å². The van der Waals surface area contributed by atoms with Crippen molar-refractivity contribution in [3.05, 3.63) is 29.3 Å². The Hall–Kier alpha value is -0.730. The minimum atomic E-state index is 0.346. The lowest BCUT2D eigenvalue weighted by atomic mass is 9.95. The van der Waals surface area contributed by atoms with Gasteiger partial charge in [0.25, 0.3) is 0 Å². The molecule has 1 heterocycles. The molecule has 1 atom stereocenters. The minimum Gasteiger partial charge on any atom is -0.370 e. The van der Waals surface area contributed by atoms with Crippen molar-refractivity contribution >= 4 is 17.3 Å². The molecule has 19 heavy (non-hydrogen) atoms. The molecule has 2 rings (SSSR count). The van der Waals surface area contributed by atoms with Crippen molar-refractivity contribution in [3.63, 3.8) is 0 Å². The number of piperidine rings is 1. The van der Waals surface area contributed by atoms with Crippen LogP contribution in [0.4, 0.5) is 5.69 Å². The lowest BCUT2D eigenvalue weighted by molar-refractivity contribution is 0.328. The average Bonchev–Trinajstić information content (AvgIpc) is 2.36. The van der Waals surface area contributed by atoms with E-state index in [0.29, 0.717) is 11.5 Å². The summed E-state index contributed by atoms with van der Waals surface area (Å²) in [4.78, 5) is 2.44. The van der Waals surface area contributed by atoms with Gasteiger partial charge in [0.2, 0.25) is 0 Å². The maximum atomic E-state index is 6.08. The Morgan fingerprint density at radius 3 is 2.84 bits per heavy atom. The van der Waals surface area contributed by atoms with Crippen LogP contribution in [0.15, 0.2) is 24.3 Å². The van der Waals surface area contributed by atoms with Crippen LogP contribution >= 0.6 is 11.6 Å². The van der Waals surface area contributed by atoms with Gasteiger partial charge in [-0.15, -0.1) is 0 Å². The molecule has 2 nitrogen and oxygen atoms in total. The third-order valence-corrected chi connectivity index (χ3v) is 3.75. The van der Waals surface area contributed by atoms with Gasteiger partial charge in [-0.3, -0.25) is 0 Å². The van der Waals surface area contributed by atoms with Crippen molar-refractivity contribution in [1.82, 2.24) is 5.32 Å². The monoisotopic (exact) mass is 280 g/mol. The van der Waals surface area contributed by atoms with E-state index in [1.807, 2.05) is 12.1 Å². The molecular weight excluding hydrogens is 256 g/mol. The molecular formula is C16H25ClN2. The zero-order valence-electron chi connectivity index (χ0n) is 12.2. The van der Waals surface area contributed by atoms with E-state index in [1.54, 1.807) is 0 Å². The van der Waals surface area contributed by atoms with Gasteiger partial charge >= 0.3 is 0 Å². The smallest absolute Gasteiger partial charge is 0.0426 e. The van der Waals surface area contributed by atoms with Crippen molar-refractivity contribution in [1.29, 1.82) is 0 Å². The van der Waals surface area contributed by atoms with Gasteiger partial charge in [-0.1, -0.05) is 38.4 Å². The van der Waals surface area contributed by atoms with Gasteiger partial charge in [-0.25, -0.2) is 0 Å². The van der Waals surface area contributed by atoms with E-state index < -0.39 is 0 Å². The van der Waals surface area contributed by atoms with Crippen molar-refractivity contribution in [2.75, 3.05) is 24.5 Å². The standard InChI is InChI=1S/C16H25ClN2/c1-16(2,3)12-18-14-7-5-9-19(11-14)15-8-4-6-13(17)10-15/h4,6,8,10,14,18H,5,7,9,11-12H2,1-3H3. The maximum absolute atomic E-state index is 6.08. The summed E-state index contributed by atoms with van der Waals surface area (Å²) in [5.74, 6) is 0. The molecule has 3 heteroatoms. The first-order chi connectivity index (χ1) is 8.94. The molecule has 0 bridgehead atoms. The van der Waals surface area contributed by atoms with Gasteiger partial charge < -0.3 is 10.2 Å². The summed E-state index contributed by atoms with van der Waals surface area (Å²) in [6.07, 6.45) is 2.52. The highest BCUT2D eigenvalue weighted by molar-refractivity contribution is 6.30. The van der Waals surface area contributed by atoms with Crippen molar-refractivity contribution in [2.45, 2.75) is 39.7 Å². The van der Waals surface area contributed by atoms with Gasteiger partial charge in [0.15, 0.2) is 0 Å². The molecule has 106 valence electrons. The Kier molecular flexibility index (Phi) is 4.75. The Labute approximate surface area is 122 Å². The van der Waals surface area contributed by atoms with Gasteiger partial charge in [0, 0.05) is 36.4 Å². The van der Waals surface area contributed by atoms with Crippen LogP contribution < -0.4 is 10.2 Å². The predicted molar refractivity (Wildman–Crippen MR) is 84.1 cm³/mol. The van der Waals surface area contributed by atoms with E-state index in [2.05, 4.69) is 43.1 Å². The third kappa shape index (κ3) is 4.70. The largest absolute Gasteiger partial charge is 0.370 e. The molecule has 0 aliphatic carbocycles. The van der Waals surface area contributed by atoms with Crippen LogP contribution in [0.3, 0.4) is 0 Å². The lowest BCUT2D eigenvalue weighted by Crippen LogP contribution is -2.47. The summed E-state index contributed by atoms with van der Waals surface area (Å²) >= 11 is 6.08. The van der Waals surface area contributed by atoms with Crippen LogP contribution in [0.2, 0.25) is 5.02 Å². The van der Waals surface area contributed by atoms with Gasteiger partial charge in [0.05, 0.1) is 0 Å². The molecule has 1 unspecified atom stereocenters. The molecule has 1 aliphatic rings. The van der Waals surface area contributed by atoms with Gasteiger partial charge in [-0.2, -0.15) is 0 Å². The SMILES string of the molecule is CC(C)(C)CNC1CCCN(c2cccc(Cl)c2)C1. The van der Waals surface area contributed by atoms with Crippen molar-refractivity contribution in [3.8, 4) is 0 Å². The Balaban J connectivity index is 1.94. The molecule has 1 saturated heterocycles. The van der Waals surface area contributed by atoms with Crippen LogP contribution in [0.5, 0.6) is 0 Å². The normalized spacial score (nSPS) is 20.6. The Morgan fingerprint density at radius 2 is 2.16 bits per heavy atom. The van der Waals surface area contributed by atoms with Crippen LogP contribution in [-0.2, 0) is 0 Å². The molecule has 1 N–H and O–H groups in total. The van der Waals surface area contributed by atoms with Gasteiger partial charge in [-0.05, 0) is 36.5 Å². The summed E-state index contributed by atoms with van der Waals surface area (Å²) in [5.41, 5.74) is 1.59.